The Labute approximate surface area is 115 Å². The van der Waals surface area contributed by atoms with Crippen LogP contribution >= 0.6 is 11.6 Å². The molecule has 18 heavy (non-hydrogen) atoms. The Balaban J connectivity index is 2.26. The highest BCUT2D eigenvalue weighted by atomic mass is 35.5. The maximum atomic E-state index is 6.12. The van der Waals surface area contributed by atoms with Gasteiger partial charge in [-0.2, -0.15) is 0 Å². The van der Waals surface area contributed by atoms with Gasteiger partial charge in [0.2, 0.25) is 0 Å². The van der Waals surface area contributed by atoms with Gasteiger partial charge in [-0.3, -0.25) is 0 Å². The molecule has 0 bridgehead atoms. The molecule has 0 amide bonds. The smallest absolute Gasteiger partial charge is 0.0932 e. The molecule has 0 unspecified atom stereocenters. The van der Waals surface area contributed by atoms with Crippen LogP contribution < -0.4 is 5.32 Å². The summed E-state index contributed by atoms with van der Waals surface area (Å²) in [5.41, 5.74) is 1.04. The van der Waals surface area contributed by atoms with Crippen molar-refractivity contribution < 1.29 is 4.74 Å². The monoisotopic (exact) mass is 267 g/mol. The highest BCUT2D eigenvalue weighted by molar-refractivity contribution is 6.30. The second-order valence-corrected chi connectivity index (χ2v) is 5.51. The predicted molar refractivity (Wildman–Crippen MR) is 76.0 cm³/mol. The Hall–Kier alpha value is -0.570. The van der Waals surface area contributed by atoms with Crippen LogP contribution in [0.1, 0.15) is 32.3 Å². The van der Waals surface area contributed by atoms with E-state index in [1.807, 2.05) is 12.1 Å². The highest BCUT2D eigenvalue weighted by Gasteiger charge is 2.37. The van der Waals surface area contributed by atoms with Gasteiger partial charge in [-0.25, -0.2) is 0 Å². The van der Waals surface area contributed by atoms with Crippen LogP contribution in [0.3, 0.4) is 0 Å². The van der Waals surface area contributed by atoms with Crippen LogP contribution in [0.5, 0.6) is 0 Å². The van der Waals surface area contributed by atoms with Crippen LogP contribution in [0.15, 0.2) is 24.3 Å². The predicted octanol–water partition coefficient (Wildman–Crippen LogP) is 3.59. The molecule has 0 saturated carbocycles. The number of hydrogen-bond acceptors (Lipinski definition) is 2. The molecule has 3 heteroatoms. The molecule has 1 fully saturated rings. The van der Waals surface area contributed by atoms with Crippen molar-refractivity contribution in [2.45, 2.75) is 32.3 Å². The zero-order valence-corrected chi connectivity index (χ0v) is 12.0. The van der Waals surface area contributed by atoms with Gasteiger partial charge in [-0.15, -0.1) is 0 Å². The largest absolute Gasteiger partial charge is 0.371 e. The average Bonchev–Trinajstić information content (AvgIpc) is 2.40. The van der Waals surface area contributed by atoms with Crippen molar-refractivity contribution in [3.05, 3.63) is 34.9 Å². The van der Waals surface area contributed by atoms with Crippen molar-refractivity contribution in [1.82, 2.24) is 5.32 Å². The lowest BCUT2D eigenvalue weighted by Crippen LogP contribution is -2.41. The summed E-state index contributed by atoms with van der Waals surface area (Å²) in [4.78, 5) is 0. The molecule has 1 aromatic rings. The zero-order valence-electron chi connectivity index (χ0n) is 11.2. The van der Waals surface area contributed by atoms with Crippen LogP contribution in [0.2, 0.25) is 5.02 Å². The number of nitrogens with one attached hydrogen (secondary N) is 1. The quantitative estimate of drug-likeness (QED) is 0.900. The average molecular weight is 268 g/mol. The third-order valence-corrected chi connectivity index (χ3v) is 4.23. The number of hydrogen-bond donors (Lipinski definition) is 1. The van der Waals surface area contributed by atoms with E-state index >= 15 is 0 Å². The molecule has 1 heterocycles. The molecule has 1 atom stereocenters. The maximum absolute atomic E-state index is 6.12. The summed E-state index contributed by atoms with van der Waals surface area (Å²) in [5.74, 6) is 0.569. The minimum atomic E-state index is -0.193. The first-order valence-electron chi connectivity index (χ1n) is 6.77. The molecule has 1 saturated heterocycles. The zero-order chi connectivity index (χ0) is 13.0. The molecular formula is C15H22ClNO. The van der Waals surface area contributed by atoms with Gasteiger partial charge in [0, 0.05) is 11.6 Å². The van der Waals surface area contributed by atoms with Gasteiger partial charge >= 0.3 is 0 Å². The maximum Gasteiger partial charge on any atom is 0.0932 e. The molecule has 1 aliphatic heterocycles. The van der Waals surface area contributed by atoms with Crippen LogP contribution in [0.4, 0.5) is 0 Å². The molecule has 0 spiro atoms. The molecule has 2 nitrogen and oxygen atoms in total. The van der Waals surface area contributed by atoms with Gasteiger partial charge in [0.15, 0.2) is 0 Å². The lowest BCUT2D eigenvalue weighted by Gasteiger charge is -2.40. The van der Waals surface area contributed by atoms with E-state index < -0.39 is 0 Å². The van der Waals surface area contributed by atoms with Gasteiger partial charge in [-0.05, 0) is 63.4 Å². The van der Waals surface area contributed by atoms with Gasteiger partial charge in [0.05, 0.1) is 5.60 Å². The molecule has 0 radical (unpaired) electrons. The first-order valence-corrected chi connectivity index (χ1v) is 7.15. The van der Waals surface area contributed by atoms with E-state index in [9.17, 15) is 0 Å². The lowest BCUT2D eigenvalue weighted by atomic mass is 9.77. The molecule has 2 rings (SSSR count). The Morgan fingerprint density at radius 3 is 2.44 bits per heavy atom. The van der Waals surface area contributed by atoms with Crippen molar-refractivity contribution in [3.63, 3.8) is 0 Å². The van der Waals surface area contributed by atoms with Gasteiger partial charge < -0.3 is 10.1 Å². The number of benzene rings is 1. The van der Waals surface area contributed by atoms with E-state index in [-0.39, 0.29) is 5.60 Å². The van der Waals surface area contributed by atoms with Crippen molar-refractivity contribution in [3.8, 4) is 0 Å². The van der Waals surface area contributed by atoms with E-state index in [2.05, 4.69) is 31.3 Å². The molecule has 1 aromatic carbocycles. The van der Waals surface area contributed by atoms with Crippen molar-refractivity contribution in [1.29, 1.82) is 0 Å². The standard InChI is InChI=1S/C15H22ClNO/c1-3-18-15(2,13-8-10-17-11-9-13)12-4-6-14(16)7-5-12/h4-7,13,17H,3,8-11H2,1-2H3/t15-/m1/s1. The van der Waals surface area contributed by atoms with Gasteiger partial charge in [0.25, 0.3) is 0 Å². The van der Waals surface area contributed by atoms with E-state index in [0.29, 0.717) is 5.92 Å². The summed E-state index contributed by atoms with van der Waals surface area (Å²) in [6.07, 6.45) is 2.33. The van der Waals surface area contributed by atoms with Gasteiger partial charge in [0.1, 0.15) is 0 Å². The summed E-state index contributed by atoms with van der Waals surface area (Å²) >= 11 is 5.97. The summed E-state index contributed by atoms with van der Waals surface area (Å²) in [6.45, 7) is 7.19. The summed E-state index contributed by atoms with van der Waals surface area (Å²) in [6, 6.07) is 8.10. The third-order valence-electron chi connectivity index (χ3n) is 3.98. The van der Waals surface area contributed by atoms with Crippen molar-refractivity contribution >= 4 is 11.6 Å². The van der Waals surface area contributed by atoms with E-state index in [1.165, 1.54) is 18.4 Å². The minimum absolute atomic E-state index is 0.193. The number of ether oxygens (including phenoxy) is 1. The molecule has 0 aliphatic carbocycles. The van der Waals surface area contributed by atoms with Crippen LogP contribution in [0.25, 0.3) is 0 Å². The fraction of sp³-hybridized carbons (Fsp3) is 0.600. The first kappa shape index (κ1) is 13.9. The Bertz CT molecular complexity index is 373. The molecule has 0 aromatic heterocycles. The molecular weight excluding hydrogens is 246 g/mol. The number of halogens is 1. The van der Waals surface area contributed by atoms with Crippen LogP contribution in [-0.4, -0.2) is 19.7 Å². The summed E-state index contributed by atoms with van der Waals surface area (Å²) in [7, 11) is 0. The second kappa shape index (κ2) is 6.05. The summed E-state index contributed by atoms with van der Waals surface area (Å²) < 4.78 is 6.12. The number of piperidine rings is 1. The molecule has 1 N–H and O–H groups in total. The first-order chi connectivity index (χ1) is 8.66. The van der Waals surface area contributed by atoms with Gasteiger partial charge in [-0.1, -0.05) is 23.7 Å². The third kappa shape index (κ3) is 2.87. The highest BCUT2D eigenvalue weighted by Crippen LogP contribution is 2.38. The fourth-order valence-electron chi connectivity index (χ4n) is 2.89. The minimum Gasteiger partial charge on any atom is -0.371 e. The van der Waals surface area contributed by atoms with Crippen LogP contribution in [0, 0.1) is 5.92 Å². The van der Waals surface area contributed by atoms with Crippen molar-refractivity contribution in [2.24, 2.45) is 5.92 Å². The Morgan fingerprint density at radius 2 is 1.89 bits per heavy atom. The Kier molecular flexibility index (Phi) is 4.66. The second-order valence-electron chi connectivity index (χ2n) is 5.07. The van der Waals surface area contributed by atoms with Crippen molar-refractivity contribution in [2.75, 3.05) is 19.7 Å². The molecule has 100 valence electrons. The van der Waals surface area contributed by atoms with E-state index in [4.69, 9.17) is 16.3 Å². The Morgan fingerprint density at radius 1 is 1.28 bits per heavy atom. The summed E-state index contributed by atoms with van der Waals surface area (Å²) in [5, 5.41) is 4.19. The fourth-order valence-corrected chi connectivity index (χ4v) is 3.02. The van der Waals surface area contributed by atoms with E-state index in [0.717, 1.165) is 24.7 Å². The topological polar surface area (TPSA) is 21.3 Å². The normalized spacial score (nSPS) is 20.6. The molecule has 1 aliphatic rings. The van der Waals surface area contributed by atoms with Crippen LogP contribution in [-0.2, 0) is 10.3 Å². The van der Waals surface area contributed by atoms with E-state index in [1.54, 1.807) is 0 Å². The lowest BCUT2D eigenvalue weighted by molar-refractivity contribution is -0.0827. The number of rotatable bonds is 4. The SMILES string of the molecule is CCO[C@](C)(c1ccc(Cl)cc1)C1CCNCC1.